The molecule has 0 aromatic heterocycles. The van der Waals surface area contributed by atoms with Gasteiger partial charge in [0.1, 0.15) is 5.83 Å². The molecule has 0 fully saturated rings. The normalized spacial score (nSPS) is 11.1. The van der Waals surface area contributed by atoms with Gasteiger partial charge in [0.25, 0.3) is 0 Å². The molecule has 0 rings (SSSR count). The van der Waals surface area contributed by atoms with Crippen LogP contribution in [0, 0.1) is 0 Å². The van der Waals surface area contributed by atoms with Gasteiger partial charge in [-0.05, 0) is 6.92 Å². The highest BCUT2D eigenvalue weighted by Crippen LogP contribution is 2.07. The van der Waals surface area contributed by atoms with Gasteiger partial charge in [0.15, 0.2) is 0 Å². The van der Waals surface area contributed by atoms with E-state index in [1.54, 1.807) is 0 Å². The topological polar surface area (TPSA) is 37.3 Å². The summed E-state index contributed by atoms with van der Waals surface area (Å²) in [4.78, 5) is 9.92. The minimum absolute atomic E-state index is 0.502. The maximum Gasteiger partial charge on any atom is 0.338 e. The summed E-state index contributed by atoms with van der Waals surface area (Å²) in [5.74, 6) is -2.12. The van der Waals surface area contributed by atoms with Gasteiger partial charge >= 0.3 is 5.97 Å². The summed E-state index contributed by atoms with van der Waals surface area (Å²) >= 11 is 0. The van der Waals surface area contributed by atoms with Crippen LogP contribution < -0.4 is 0 Å². The van der Waals surface area contributed by atoms with Crippen LogP contribution in [0.25, 0.3) is 0 Å². The second-order valence-corrected chi connectivity index (χ2v) is 1.42. The van der Waals surface area contributed by atoms with Crippen molar-refractivity contribution in [1.29, 1.82) is 0 Å². The van der Waals surface area contributed by atoms with E-state index in [0.717, 1.165) is 6.08 Å². The fourth-order valence-electron chi connectivity index (χ4n) is 0.276. The molecule has 2 nitrogen and oxygen atoms in total. The molecule has 0 aromatic carbocycles. The van der Waals surface area contributed by atoms with Gasteiger partial charge in [0.05, 0.1) is 5.57 Å². The van der Waals surface area contributed by atoms with Gasteiger partial charge < -0.3 is 5.11 Å². The Labute approximate surface area is 52.3 Å². The Bertz CT molecular complexity index is 170. The number of carboxylic acid groups (broad SMARTS) is 1. The summed E-state index contributed by atoms with van der Waals surface area (Å²) in [6.45, 7) is 4.39. The summed E-state index contributed by atoms with van der Waals surface area (Å²) in [6, 6.07) is 0. The van der Waals surface area contributed by atoms with Crippen molar-refractivity contribution in [2.75, 3.05) is 0 Å². The molecule has 0 bridgehead atoms. The number of halogens is 1. The Morgan fingerprint density at radius 1 is 1.78 bits per heavy atom. The van der Waals surface area contributed by atoms with Crippen molar-refractivity contribution in [2.45, 2.75) is 6.92 Å². The molecular formula is C6H7FO2. The average molecular weight is 130 g/mol. The number of carbonyl (C=O) groups is 1. The Morgan fingerprint density at radius 3 is 2.33 bits per heavy atom. The molecule has 1 N–H and O–H groups in total. The zero-order valence-corrected chi connectivity index (χ0v) is 5.02. The fourth-order valence-corrected chi connectivity index (χ4v) is 0.276. The zero-order valence-electron chi connectivity index (χ0n) is 5.02. The fraction of sp³-hybridized carbons (Fsp3) is 0.167. The van der Waals surface area contributed by atoms with Crippen LogP contribution in [0.1, 0.15) is 6.92 Å². The second-order valence-electron chi connectivity index (χ2n) is 1.42. The van der Waals surface area contributed by atoms with E-state index in [9.17, 15) is 9.18 Å². The monoisotopic (exact) mass is 130 g/mol. The lowest BCUT2D eigenvalue weighted by molar-refractivity contribution is -0.132. The van der Waals surface area contributed by atoms with Gasteiger partial charge in [-0.15, -0.1) is 0 Å². The predicted octanol–water partition coefficient (Wildman–Crippen LogP) is 1.50. The van der Waals surface area contributed by atoms with E-state index in [0.29, 0.717) is 0 Å². The van der Waals surface area contributed by atoms with Gasteiger partial charge in [-0.3, -0.25) is 0 Å². The standard InChI is InChI=1S/C6H7FO2/c1-3-5(7)4(2)6(8)9/h3H,2H2,1H3,(H,8,9). The highest BCUT2D eigenvalue weighted by molar-refractivity contribution is 5.90. The van der Waals surface area contributed by atoms with Crippen molar-refractivity contribution >= 4 is 5.97 Å². The molecule has 0 aliphatic heterocycles. The van der Waals surface area contributed by atoms with Crippen LogP contribution in [0.3, 0.4) is 0 Å². The number of hydrogen-bond acceptors (Lipinski definition) is 1. The summed E-state index contributed by atoms with van der Waals surface area (Å²) < 4.78 is 12.2. The highest BCUT2D eigenvalue weighted by atomic mass is 19.1. The third-order valence-corrected chi connectivity index (χ3v) is 0.800. The van der Waals surface area contributed by atoms with Crippen molar-refractivity contribution in [3.05, 3.63) is 24.1 Å². The first-order chi connectivity index (χ1) is 4.09. The molecule has 50 valence electrons. The number of rotatable bonds is 2. The van der Waals surface area contributed by atoms with Crippen LogP contribution in [-0.4, -0.2) is 11.1 Å². The van der Waals surface area contributed by atoms with Crippen molar-refractivity contribution in [2.24, 2.45) is 0 Å². The molecule has 9 heavy (non-hydrogen) atoms. The van der Waals surface area contributed by atoms with Crippen LogP contribution in [0.15, 0.2) is 24.1 Å². The molecule has 0 saturated heterocycles. The summed E-state index contributed by atoms with van der Waals surface area (Å²) in [5.41, 5.74) is -0.502. The molecule has 0 atom stereocenters. The lowest BCUT2D eigenvalue weighted by Gasteiger charge is -1.91. The van der Waals surface area contributed by atoms with Gasteiger partial charge in [0.2, 0.25) is 0 Å². The van der Waals surface area contributed by atoms with E-state index in [4.69, 9.17) is 5.11 Å². The Kier molecular flexibility index (Phi) is 2.64. The summed E-state index contributed by atoms with van der Waals surface area (Å²) in [6.07, 6.45) is 1.05. The predicted molar refractivity (Wildman–Crippen MR) is 31.6 cm³/mol. The Hall–Kier alpha value is -1.12. The van der Waals surface area contributed by atoms with Crippen molar-refractivity contribution < 1.29 is 14.3 Å². The average Bonchev–Trinajstić information content (AvgIpc) is 1.84. The first-order valence-corrected chi connectivity index (χ1v) is 2.34. The summed E-state index contributed by atoms with van der Waals surface area (Å²) in [7, 11) is 0. The molecule has 0 aliphatic rings. The van der Waals surface area contributed by atoms with Crippen LogP contribution in [-0.2, 0) is 4.79 Å². The SMILES string of the molecule is C=C(C(=O)O)C(F)=CC. The number of carboxylic acids is 1. The third kappa shape index (κ3) is 2.08. The molecule has 0 aliphatic carbocycles. The molecular weight excluding hydrogens is 123 g/mol. The highest BCUT2D eigenvalue weighted by Gasteiger charge is 2.07. The molecule has 0 unspecified atom stereocenters. The maximum atomic E-state index is 12.2. The van der Waals surface area contributed by atoms with Crippen molar-refractivity contribution in [1.82, 2.24) is 0 Å². The molecule has 0 saturated carbocycles. The number of aliphatic carboxylic acids is 1. The molecule has 0 aromatic rings. The van der Waals surface area contributed by atoms with Crippen LogP contribution in [0.5, 0.6) is 0 Å². The van der Waals surface area contributed by atoms with E-state index in [-0.39, 0.29) is 0 Å². The molecule has 0 amide bonds. The van der Waals surface area contributed by atoms with Crippen LogP contribution in [0.4, 0.5) is 4.39 Å². The molecule has 0 spiro atoms. The lowest BCUT2D eigenvalue weighted by atomic mass is 10.2. The van der Waals surface area contributed by atoms with Gasteiger partial charge in [-0.1, -0.05) is 12.7 Å². The van der Waals surface area contributed by atoms with Crippen molar-refractivity contribution in [3.63, 3.8) is 0 Å². The zero-order chi connectivity index (χ0) is 7.44. The van der Waals surface area contributed by atoms with E-state index >= 15 is 0 Å². The first-order valence-electron chi connectivity index (χ1n) is 2.34. The Balaban J connectivity index is 4.23. The summed E-state index contributed by atoms with van der Waals surface area (Å²) in [5, 5.41) is 8.10. The quantitative estimate of drug-likeness (QED) is 0.454. The molecule has 3 heteroatoms. The lowest BCUT2D eigenvalue weighted by Crippen LogP contribution is -1.98. The Morgan fingerprint density at radius 2 is 2.22 bits per heavy atom. The largest absolute Gasteiger partial charge is 0.478 e. The number of hydrogen-bond donors (Lipinski definition) is 1. The molecule has 0 radical (unpaired) electrons. The van der Waals surface area contributed by atoms with E-state index in [1.165, 1.54) is 6.92 Å². The van der Waals surface area contributed by atoms with Crippen LogP contribution in [0.2, 0.25) is 0 Å². The van der Waals surface area contributed by atoms with Gasteiger partial charge in [0, 0.05) is 0 Å². The minimum atomic E-state index is -1.33. The second kappa shape index (κ2) is 3.02. The first kappa shape index (κ1) is 7.88. The third-order valence-electron chi connectivity index (χ3n) is 0.800. The van der Waals surface area contributed by atoms with Gasteiger partial charge in [-0.2, -0.15) is 0 Å². The van der Waals surface area contributed by atoms with Crippen LogP contribution >= 0.6 is 0 Å². The van der Waals surface area contributed by atoms with Gasteiger partial charge in [-0.25, -0.2) is 9.18 Å². The smallest absolute Gasteiger partial charge is 0.338 e. The van der Waals surface area contributed by atoms with E-state index in [1.807, 2.05) is 0 Å². The van der Waals surface area contributed by atoms with Crippen molar-refractivity contribution in [3.8, 4) is 0 Å². The number of allylic oxidation sites excluding steroid dienone is 1. The minimum Gasteiger partial charge on any atom is -0.478 e. The molecule has 0 heterocycles. The maximum absolute atomic E-state index is 12.2. The van der Waals surface area contributed by atoms with E-state index in [2.05, 4.69) is 6.58 Å². The van der Waals surface area contributed by atoms with E-state index < -0.39 is 17.4 Å².